The average Bonchev–Trinajstić information content (AvgIpc) is 3.36. The van der Waals surface area contributed by atoms with Gasteiger partial charge < -0.3 is 14.7 Å². The first kappa shape index (κ1) is 15.5. The molecule has 4 heteroatoms. The second kappa shape index (κ2) is 6.18. The highest BCUT2D eigenvalue weighted by Crippen LogP contribution is 2.28. The van der Waals surface area contributed by atoms with Crippen LogP contribution in [0.3, 0.4) is 0 Å². The van der Waals surface area contributed by atoms with Gasteiger partial charge in [0.2, 0.25) is 0 Å². The maximum Gasteiger partial charge on any atom is 0.344 e. The number of benzene rings is 3. The zero-order valence-corrected chi connectivity index (χ0v) is 14.4. The maximum atomic E-state index is 12.9. The summed E-state index contributed by atoms with van der Waals surface area (Å²) >= 11 is 0. The zero-order valence-electron chi connectivity index (χ0n) is 14.4. The Hall–Kier alpha value is -3.79. The first-order chi connectivity index (χ1) is 13.3. The Morgan fingerprint density at radius 1 is 0.741 bits per heavy atom. The Kier molecular flexibility index (Phi) is 3.54. The molecular weight excluding hydrogens is 336 g/mol. The Bertz CT molecular complexity index is 1280. The van der Waals surface area contributed by atoms with Crippen LogP contribution in [-0.2, 0) is 0 Å². The third kappa shape index (κ3) is 2.77. The molecule has 0 fully saturated rings. The highest BCUT2D eigenvalue weighted by molar-refractivity contribution is 5.99. The molecule has 0 aliphatic rings. The van der Waals surface area contributed by atoms with Gasteiger partial charge in [0.1, 0.15) is 5.75 Å². The molecule has 2 aromatic heterocycles. The van der Waals surface area contributed by atoms with Crippen molar-refractivity contribution in [1.82, 2.24) is 9.97 Å². The van der Waals surface area contributed by atoms with Crippen LogP contribution in [0.1, 0.15) is 10.4 Å². The fraction of sp³-hybridized carbons (Fsp3) is 0. The van der Waals surface area contributed by atoms with E-state index in [2.05, 4.69) is 9.97 Å². The van der Waals surface area contributed by atoms with Crippen LogP contribution >= 0.6 is 0 Å². The number of rotatable bonds is 3. The molecule has 2 N–H and O–H groups in total. The van der Waals surface area contributed by atoms with Gasteiger partial charge >= 0.3 is 5.97 Å². The Morgan fingerprint density at radius 3 is 2.26 bits per heavy atom. The summed E-state index contributed by atoms with van der Waals surface area (Å²) in [4.78, 5) is 19.2. The molecule has 0 bridgehead atoms. The van der Waals surface area contributed by atoms with Gasteiger partial charge in [-0.1, -0.05) is 30.3 Å². The minimum Gasteiger partial charge on any atom is -0.423 e. The molecule has 0 unspecified atom stereocenters. The van der Waals surface area contributed by atoms with Crippen molar-refractivity contribution < 1.29 is 9.53 Å². The number of nitrogens with one attached hydrogen (secondary N) is 2. The lowest BCUT2D eigenvalue weighted by atomic mass is 9.99. The number of fused-ring (bicyclic) bond motifs is 2. The predicted octanol–water partition coefficient (Wildman–Crippen LogP) is 5.54. The van der Waals surface area contributed by atoms with Crippen molar-refractivity contribution in [2.24, 2.45) is 0 Å². The molecule has 2 heterocycles. The normalized spacial score (nSPS) is 11.1. The van der Waals surface area contributed by atoms with Crippen molar-refractivity contribution >= 4 is 27.8 Å². The van der Waals surface area contributed by atoms with E-state index in [0.717, 1.165) is 32.9 Å². The van der Waals surface area contributed by atoms with Gasteiger partial charge in [-0.3, -0.25) is 0 Å². The predicted molar refractivity (Wildman–Crippen MR) is 107 cm³/mol. The summed E-state index contributed by atoms with van der Waals surface area (Å²) in [5.74, 6) is 0.146. The number of carbonyl (C=O) groups excluding carboxylic acids is 1. The molecule has 0 aliphatic carbocycles. The molecule has 130 valence electrons. The van der Waals surface area contributed by atoms with Crippen LogP contribution in [-0.4, -0.2) is 15.9 Å². The molecule has 0 spiro atoms. The second-order valence-electron chi connectivity index (χ2n) is 6.44. The third-order valence-electron chi connectivity index (χ3n) is 4.75. The van der Waals surface area contributed by atoms with Crippen LogP contribution in [0.15, 0.2) is 85.2 Å². The zero-order chi connectivity index (χ0) is 18.2. The molecule has 0 saturated carbocycles. The number of H-pyrrole nitrogens is 2. The maximum absolute atomic E-state index is 12.9. The Balaban J connectivity index is 1.51. The summed E-state index contributed by atoms with van der Waals surface area (Å²) in [5, 5.41) is 2.22. The van der Waals surface area contributed by atoms with Gasteiger partial charge in [-0.15, -0.1) is 0 Å². The molecular formula is C23H16N2O2. The van der Waals surface area contributed by atoms with E-state index in [0.29, 0.717) is 11.3 Å². The Morgan fingerprint density at radius 2 is 1.44 bits per heavy atom. The first-order valence-electron chi connectivity index (χ1n) is 8.74. The lowest BCUT2D eigenvalue weighted by molar-refractivity contribution is 0.0736. The summed E-state index contributed by atoms with van der Waals surface area (Å²) in [6.07, 6.45) is 3.77. The minimum absolute atomic E-state index is 0.372. The molecule has 3 aromatic carbocycles. The van der Waals surface area contributed by atoms with Gasteiger partial charge in [0.15, 0.2) is 0 Å². The van der Waals surface area contributed by atoms with E-state index in [1.807, 2.05) is 79.1 Å². The summed E-state index contributed by atoms with van der Waals surface area (Å²) < 4.78 is 5.65. The van der Waals surface area contributed by atoms with Crippen LogP contribution < -0.4 is 4.74 Å². The second-order valence-corrected chi connectivity index (χ2v) is 6.44. The molecule has 4 nitrogen and oxygen atoms in total. The molecule has 5 rings (SSSR count). The lowest BCUT2D eigenvalue weighted by Crippen LogP contribution is -2.10. The number of esters is 1. The summed E-state index contributed by atoms with van der Waals surface area (Å²) in [7, 11) is 0. The third-order valence-corrected chi connectivity index (χ3v) is 4.75. The van der Waals surface area contributed by atoms with Crippen molar-refractivity contribution in [2.45, 2.75) is 0 Å². The number of hydrogen-bond donors (Lipinski definition) is 2. The monoisotopic (exact) mass is 352 g/mol. The topological polar surface area (TPSA) is 57.9 Å². The highest BCUT2D eigenvalue weighted by Gasteiger charge is 2.15. The highest BCUT2D eigenvalue weighted by atomic mass is 16.5. The van der Waals surface area contributed by atoms with E-state index in [1.54, 1.807) is 6.07 Å². The van der Waals surface area contributed by atoms with Gasteiger partial charge in [-0.2, -0.15) is 0 Å². The minimum atomic E-state index is -0.372. The summed E-state index contributed by atoms with van der Waals surface area (Å²) in [6.45, 7) is 0. The molecule has 27 heavy (non-hydrogen) atoms. The van der Waals surface area contributed by atoms with Crippen LogP contribution in [0.4, 0.5) is 0 Å². The summed E-state index contributed by atoms with van der Waals surface area (Å²) in [6, 6.07) is 23.2. The van der Waals surface area contributed by atoms with Crippen molar-refractivity contribution in [3.8, 4) is 16.9 Å². The van der Waals surface area contributed by atoms with Crippen LogP contribution in [0.2, 0.25) is 0 Å². The molecule has 5 aromatic rings. The number of ether oxygens (including phenoxy) is 1. The summed E-state index contributed by atoms with van der Waals surface area (Å²) in [5.41, 5.74) is 4.32. The smallest absolute Gasteiger partial charge is 0.344 e. The van der Waals surface area contributed by atoms with Gasteiger partial charge in [0.05, 0.1) is 5.56 Å². The molecule has 0 atom stereocenters. The average molecular weight is 352 g/mol. The van der Waals surface area contributed by atoms with E-state index in [9.17, 15) is 4.79 Å². The quantitative estimate of drug-likeness (QED) is 0.331. The van der Waals surface area contributed by atoms with E-state index in [4.69, 9.17) is 4.74 Å². The standard InChI is InChI=1S/C23H16N2O2/c26-23(27-18-8-7-16-10-12-25-22(16)14-18)20-4-2-1-3-19(20)17-6-5-15-9-11-24-21(15)13-17/h1-14,24-25H. The Labute approximate surface area is 155 Å². The van der Waals surface area contributed by atoms with Gasteiger partial charge in [-0.05, 0) is 58.3 Å². The van der Waals surface area contributed by atoms with Crippen molar-refractivity contribution in [1.29, 1.82) is 0 Å². The van der Waals surface area contributed by atoms with Crippen molar-refractivity contribution in [3.63, 3.8) is 0 Å². The van der Waals surface area contributed by atoms with E-state index in [-0.39, 0.29) is 5.97 Å². The lowest BCUT2D eigenvalue weighted by Gasteiger charge is -2.10. The SMILES string of the molecule is O=C(Oc1ccc2cc[nH]c2c1)c1ccccc1-c1ccc2cc[nH]c2c1. The van der Waals surface area contributed by atoms with Gasteiger partial charge in [-0.25, -0.2) is 4.79 Å². The fourth-order valence-electron chi connectivity index (χ4n) is 3.38. The van der Waals surface area contributed by atoms with Gasteiger partial charge in [0.25, 0.3) is 0 Å². The van der Waals surface area contributed by atoms with Crippen molar-refractivity contribution in [2.75, 3.05) is 0 Å². The number of aromatic amines is 2. The van der Waals surface area contributed by atoms with Crippen molar-refractivity contribution in [3.05, 3.63) is 90.8 Å². The largest absolute Gasteiger partial charge is 0.423 e. The van der Waals surface area contributed by atoms with E-state index < -0.39 is 0 Å². The van der Waals surface area contributed by atoms with E-state index in [1.165, 1.54) is 0 Å². The molecule has 0 aliphatic heterocycles. The first-order valence-corrected chi connectivity index (χ1v) is 8.74. The number of aromatic nitrogens is 2. The van der Waals surface area contributed by atoms with Crippen LogP contribution in [0.25, 0.3) is 32.9 Å². The molecule has 0 amide bonds. The molecule has 0 saturated heterocycles. The number of hydrogen-bond acceptors (Lipinski definition) is 2. The van der Waals surface area contributed by atoms with Crippen LogP contribution in [0.5, 0.6) is 5.75 Å². The molecule has 0 radical (unpaired) electrons. The van der Waals surface area contributed by atoms with Crippen LogP contribution in [0, 0.1) is 0 Å². The van der Waals surface area contributed by atoms with Gasteiger partial charge in [0, 0.05) is 29.5 Å². The fourth-order valence-corrected chi connectivity index (χ4v) is 3.38. The van der Waals surface area contributed by atoms with E-state index >= 15 is 0 Å². The number of carbonyl (C=O) groups is 1.